The summed E-state index contributed by atoms with van der Waals surface area (Å²) in [5.74, 6) is -1.83. The average molecular weight is 892 g/mol. The zero-order valence-corrected chi connectivity index (χ0v) is 33.7. The molecule has 3 aliphatic rings. The van der Waals surface area contributed by atoms with E-state index >= 15 is 0 Å². The minimum atomic E-state index is -1.73. The zero-order valence-electron chi connectivity index (χ0n) is 33.7. The van der Waals surface area contributed by atoms with Gasteiger partial charge >= 0.3 is 5.97 Å². The van der Waals surface area contributed by atoms with E-state index < -0.39 is 130 Å². The van der Waals surface area contributed by atoms with Crippen molar-refractivity contribution >= 4 is 17.8 Å². The number of aliphatic carboxylic acids is 1. The Labute approximate surface area is 351 Å². The number of carbonyl (C=O) groups excluding carboxylic acids is 2. The summed E-state index contributed by atoms with van der Waals surface area (Å²) in [6, 6.07) is -1.02. The maximum absolute atomic E-state index is 13.9. The second-order valence-corrected chi connectivity index (χ2v) is 15.0. The van der Waals surface area contributed by atoms with Crippen molar-refractivity contribution in [2.45, 2.75) is 143 Å². The Hall–Kier alpha value is -2.35. The van der Waals surface area contributed by atoms with Gasteiger partial charge in [0.15, 0.2) is 18.9 Å². The molecule has 0 spiro atoms. The number of nitrogens with zero attached hydrogens (tertiary/aromatic N) is 1. The van der Waals surface area contributed by atoms with Gasteiger partial charge in [-0.2, -0.15) is 0 Å². The van der Waals surface area contributed by atoms with Gasteiger partial charge in [-0.3, -0.25) is 19.3 Å². The van der Waals surface area contributed by atoms with Gasteiger partial charge in [0.2, 0.25) is 11.8 Å². The summed E-state index contributed by atoms with van der Waals surface area (Å²) < 4.78 is 33.1. The van der Waals surface area contributed by atoms with E-state index in [2.05, 4.69) is 10.6 Å². The predicted octanol–water partition coefficient (Wildman–Crippen LogP) is -7.85. The number of aliphatic hydroxyl groups excluding tert-OH is 12. The highest BCUT2D eigenvalue weighted by molar-refractivity contribution is 5.81. The van der Waals surface area contributed by atoms with Crippen LogP contribution in [0.5, 0.6) is 0 Å². The maximum Gasteiger partial charge on any atom is 0.303 e. The van der Waals surface area contributed by atoms with Crippen LogP contribution in [0.1, 0.15) is 44.9 Å². The number of carboxylic acids is 1. The molecule has 16 atom stereocenters. The van der Waals surface area contributed by atoms with Gasteiger partial charge in [0.1, 0.15) is 73.2 Å². The van der Waals surface area contributed by atoms with Crippen LogP contribution in [-0.2, 0) is 42.8 Å². The molecule has 0 bridgehead atoms. The lowest BCUT2D eigenvalue weighted by Gasteiger charge is -2.40. The Morgan fingerprint density at radius 1 is 0.525 bits per heavy atom. The Balaban J connectivity index is 1.73. The Kier molecular flexibility index (Phi) is 23.5. The third kappa shape index (κ3) is 16.0. The number of amides is 2. The molecule has 3 fully saturated rings. The van der Waals surface area contributed by atoms with Gasteiger partial charge in [0.25, 0.3) is 0 Å². The first-order valence-electron chi connectivity index (χ1n) is 20.3. The SMILES string of the molecule is O=C(O)CCCCC(=O)NCCCCC(C(=O)NCCO[C@H]1O[C@H](CO)[C@@H](O)[C@H](O)[C@@H]1O)N(CCO[C@H]1O[C@H](CO)[C@@H](O)[C@H](O)[C@@H]1O)CCO[C@H]1O[C@H](CO)[C@@H](O)[C@H](O)[C@@H]1O. The first-order chi connectivity index (χ1) is 29.1. The Morgan fingerprint density at radius 3 is 1.38 bits per heavy atom. The number of hydrogen-bond acceptors (Lipinski definition) is 22. The predicted molar refractivity (Wildman–Crippen MR) is 200 cm³/mol. The third-order valence-corrected chi connectivity index (χ3v) is 10.6. The van der Waals surface area contributed by atoms with Crippen LogP contribution in [0.2, 0.25) is 0 Å². The fourth-order valence-electron chi connectivity index (χ4n) is 6.90. The Bertz CT molecular complexity index is 1250. The third-order valence-electron chi connectivity index (χ3n) is 10.6. The molecule has 0 radical (unpaired) electrons. The van der Waals surface area contributed by atoms with Gasteiger partial charge in [-0.05, 0) is 32.1 Å². The maximum atomic E-state index is 13.9. The molecule has 15 N–H and O–H groups in total. The number of hydrogen-bond donors (Lipinski definition) is 15. The summed E-state index contributed by atoms with van der Waals surface area (Å²) in [4.78, 5) is 38.5. The molecule has 0 aliphatic carbocycles. The number of nitrogens with one attached hydrogen (secondary N) is 2. The summed E-state index contributed by atoms with van der Waals surface area (Å²) in [6.45, 7) is -3.14. The quantitative estimate of drug-likeness (QED) is 0.0341. The number of carbonyl (C=O) groups is 3. The average Bonchev–Trinajstić information content (AvgIpc) is 3.24. The zero-order chi connectivity index (χ0) is 45.2. The molecule has 0 aromatic rings. The van der Waals surface area contributed by atoms with Crippen molar-refractivity contribution in [1.29, 1.82) is 0 Å². The van der Waals surface area contributed by atoms with Gasteiger partial charge < -0.3 is 105 Å². The summed E-state index contributed by atoms with van der Waals surface area (Å²) >= 11 is 0. The topological polar surface area (TPSA) is 397 Å². The largest absolute Gasteiger partial charge is 0.481 e. The molecule has 25 nitrogen and oxygen atoms in total. The van der Waals surface area contributed by atoms with Gasteiger partial charge in [-0.15, -0.1) is 0 Å². The molecule has 0 aromatic carbocycles. The normalized spacial score (nSPS) is 34.9. The van der Waals surface area contributed by atoms with E-state index in [9.17, 15) is 75.7 Å². The molecule has 2 amide bonds. The highest BCUT2D eigenvalue weighted by Crippen LogP contribution is 2.25. The molecule has 3 rings (SSSR count). The molecule has 0 saturated carbocycles. The molecule has 61 heavy (non-hydrogen) atoms. The molecular formula is C36H65N3O22. The van der Waals surface area contributed by atoms with Crippen molar-refractivity contribution in [3.63, 3.8) is 0 Å². The molecule has 3 heterocycles. The lowest BCUT2D eigenvalue weighted by atomic mass is 9.99. The number of ether oxygens (including phenoxy) is 6. The van der Waals surface area contributed by atoms with E-state index in [1.165, 1.54) is 0 Å². The summed E-state index contributed by atoms with van der Waals surface area (Å²) in [7, 11) is 0. The van der Waals surface area contributed by atoms with Crippen LogP contribution in [0.25, 0.3) is 0 Å². The molecule has 3 saturated heterocycles. The van der Waals surface area contributed by atoms with Crippen LogP contribution >= 0.6 is 0 Å². The fraction of sp³-hybridized carbons (Fsp3) is 0.917. The second-order valence-electron chi connectivity index (χ2n) is 15.0. The smallest absolute Gasteiger partial charge is 0.303 e. The van der Waals surface area contributed by atoms with Gasteiger partial charge in [-0.25, -0.2) is 0 Å². The van der Waals surface area contributed by atoms with Gasteiger partial charge in [-0.1, -0.05) is 0 Å². The van der Waals surface area contributed by atoms with Crippen molar-refractivity contribution in [3.8, 4) is 0 Å². The van der Waals surface area contributed by atoms with Gasteiger partial charge in [0, 0.05) is 39.0 Å². The minimum Gasteiger partial charge on any atom is -0.481 e. The van der Waals surface area contributed by atoms with E-state index in [-0.39, 0.29) is 71.2 Å². The number of aliphatic hydroxyl groups is 12. The second kappa shape index (κ2) is 27.1. The van der Waals surface area contributed by atoms with Crippen LogP contribution in [0.4, 0.5) is 0 Å². The minimum absolute atomic E-state index is 0.0613. The number of carboxylic acid groups (broad SMARTS) is 1. The van der Waals surface area contributed by atoms with Crippen molar-refractivity contribution in [2.24, 2.45) is 0 Å². The van der Waals surface area contributed by atoms with Crippen LogP contribution in [0, 0.1) is 0 Å². The van der Waals surface area contributed by atoms with Crippen molar-refractivity contribution < 1.29 is 109 Å². The molecule has 25 heteroatoms. The van der Waals surface area contributed by atoms with Crippen molar-refractivity contribution in [2.75, 3.05) is 65.8 Å². The molecule has 3 aliphatic heterocycles. The first kappa shape index (κ1) is 53.0. The van der Waals surface area contributed by atoms with E-state index in [4.69, 9.17) is 33.5 Å². The summed E-state index contributed by atoms with van der Waals surface area (Å²) in [5, 5.41) is 135. The fourth-order valence-corrected chi connectivity index (χ4v) is 6.90. The van der Waals surface area contributed by atoms with Gasteiger partial charge in [0.05, 0.1) is 45.7 Å². The lowest BCUT2D eigenvalue weighted by molar-refractivity contribution is -0.303. The number of rotatable bonds is 27. The molecule has 356 valence electrons. The van der Waals surface area contributed by atoms with E-state index in [0.29, 0.717) is 25.7 Å². The van der Waals surface area contributed by atoms with Crippen molar-refractivity contribution in [3.05, 3.63) is 0 Å². The molecular weight excluding hydrogens is 826 g/mol. The highest BCUT2D eigenvalue weighted by Gasteiger charge is 2.46. The lowest BCUT2D eigenvalue weighted by Crippen LogP contribution is -2.60. The standard InChI is InChI=1S/C36H65N3O22/c40-15-19-24(46)27(49)30(52)34(59-19)56-12-9-38-33(55)18(5-3-4-8-37-22(43)6-1-2-7-23(44)45)39(10-13-57-35-31(53)28(50)25(47)20(16-41)60-35)11-14-58-36-32(54)29(51)26(48)21(17-42)61-36/h18-21,24-32,34-36,40-42,46-54H,1-17H2,(H,37,43)(H,38,55)(H,44,45)/t18?,19-,20-,21-,24-,25-,26-,27+,28+,29+,30+,31+,32+,34+,35+,36+/m1/s1. The monoisotopic (exact) mass is 891 g/mol. The van der Waals surface area contributed by atoms with E-state index in [1.807, 2.05) is 0 Å². The first-order valence-corrected chi connectivity index (χ1v) is 20.3. The Morgan fingerprint density at radius 2 is 0.951 bits per heavy atom. The van der Waals surface area contributed by atoms with Crippen LogP contribution in [0.15, 0.2) is 0 Å². The van der Waals surface area contributed by atoms with Crippen molar-refractivity contribution in [1.82, 2.24) is 15.5 Å². The highest BCUT2D eigenvalue weighted by atomic mass is 16.7. The van der Waals surface area contributed by atoms with E-state index in [1.54, 1.807) is 4.90 Å². The molecule has 0 aromatic heterocycles. The molecule has 1 unspecified atom stereocenters. The summed E-state index contributed by atoms with van der Waals surface area (Å²) in [5.41, 5.74) is 0. The summed E-state index contributed by atoms with van der Waals surface area (Å²) in [6.07, 6.45) is -21.8. The van der Waals surface area contributed by atoms with E-state index in [0.717, 1.165) is 0 Å². The number of unbranched alkanes of at least 4 members (excludes halogenated alkanes) is 2. The van der Waals surface area contributed by atoms with Crippen LogP contribution < -0.4 is 10.6 Å². The van der Waals surface area contributed by atoms with Crippen LogP contribution in [-0.4, -0.2) is 253 Å². The van der Waals surface area contributed by atoms with Crippen LogP contribution in [0.3, 0.4) is 0 Å².